The average molecular weight is 235 g/mol. The van der Waals surface area contributed by atoms with Crippen LogP contribution < -0.4 is 11.2 Å². The fourth-order valence-corrected chi connectivity index (χ4v) is 1.96. The van der Waals surface area contributed by atoms with Crippen LogP contribution in [0.3, 0.4) is 0 Å². The predicted octanol–water partition coefficient (Wildman–Crippen LogP) is 1.56. The summed E-state index contributed by atoms with van der Waals surface area (Å²) in [5.74, 6) is 0. The minimum absolute atomic E-state index is 0.0631. The second kappa shape index (κ2) is 4.73. The molecule has 0 saturated heterocycles. The lowest BCUT2D eigenvalue weighted by molar-refractivity contribution is 0.0867. The van der Waals surface area contributed by atoms with Gasteiger partial charge in [-0.25, -0.2) is 4.79 Å². The Morgan fingerprint density at radius 3 is 2.88 bits per heavy atom. The van der Waals surface area contributed by atoms with Crippen molar-refractivity contribution in [2.45, 2.75) is 26.4 Å². The predicted molar refractivity (Wildman–Crippen MR) is 66.8 cm³/mol. The van der Waals surface area contributed by atoms with Crippen molar-refractivity contribution in [2.75, 3.05) is 7.11 Å². The van der Waals surface area contributed by atoms with Crippen molar-refractivity contribution in [3.8, 4) is 0 Å². The normalized spacial score (nSPS) is 11.5. The van der Waals surface area contributed by atoms with Crippen molar-refractivity contribution in [2.24, 2.45) is 0 Å². The third kappa shape index (κ3) is 2.25. The topological polar surface area (TPSA) is 59.0 Å². The largest absolute Gasteiger partial charge is 0.326 e. The maximum Gasteiger partial charge on any atom is 0.326 e. The highest BCUT2D eigenvalue weighted by Crippen LogP contribution is 2.16. The van der Waals surface area contributed by atoms with E-state index in [1.807, 2.05) is 32.0 Å². The molecule has 1 aromatic heterocycles. The Labute approximate surface area is 99.4 Å². The molecule has 0 aliphatic carbocycles. The summed E-state index contributed by atoms with van der Waals surface area (Å²) in [6.07, 6.45) is 0. The Kier molecular flexibility index (Phi) is 3.31. The van der Waals surface area contributed by atoms with Crippen molar-refractivity contribution < 1.29 is 4.84 Å². The van der Waals surface area contributed by atoms with Gasteiger partial charge in [-0.15, -0.1) is 0 Å². The van der Waals surface area contributed by atoms with Crippen molar-refractivity contribution >= 4 is 11.0 Å². The molecule has 17 heavy (non-hydrogen) atoms. The van der Waals surface area contributed by atoms with Gasteiger partial charge in [0.2, 0.25) is 0 Å². The summed E-state index contributed by atoms with van der Waals surface area (Å²) in [5, 5.41) is 0. The molecule has 1 heterocycles. The maximum atomic E-state index is 11.8. The Morgan fingerprint density at radius 1 is 1.47 bits per heavy atom. The Bertz CT molecular complexity index is 569. The number of fused-ring (bicyclic) bond motifs is 1. The molecule has 5 heteroatoms. The Hall–Kier alpha value is -1.59. The lowest BCUT2D eigenvalue weighted by Gasteiger charge is -2.07. The van der Waals surface area contributed by atoms with E-state index in [4.69, 9.17) is 4.84 Å². The monoisotopic (exact) mass is 235 g/mol. The number of rotatable bonds is 4. The van der Waals surface area contributed by atoms with Crippen LogP contribution in [0.15, 0.2) is 23.0 Å². The maximum absolute atomic E-state index is 11.8. The lowest BCUT2D eigenvalue weighted by Crippen LogP contribution is -2.18. The average Bonchev–Trinajstić information content (AvgIpc) is 2.61. The summed E-state index contributed by atoms with van der Waals surface area (Å²) in [6.45, 7) is 4.60. The van der Waals surface area contributed by atoms with Gasteiger partial charge >= 0.3 is 5.69 Å². The quantitative estimate of drug-likeness (QED) is 0.791. The highest BCUT2D eigenvalue weighted by molar-refractivity contribution is 5.76. The van der Waals surface area contributed by atoms with Crippen molar-refractivity contribution in [3.63, 3.8) is 0 Å². The summed E-state index contributed by atoms with van der Waals surface area (Å²) in [5.41, 5.74) is 5.57. The minimum Gasteiger partial charge on any atom is -0.306 e. The molecule has 2 rings (SSSR count). The number of imidazole rings is 1. The first-order valence-electron chi connectivity index (χ1n) is 5.62. The molecule has 1 aromatic carbocycles. The van der Waals surface area contributed by atoms with Crippen LogP contribution in [0.1, 0.15) is 25.5 Å². The number of benzene rings is 1. The molecule has 0 aliphatic heterocycles. The van der Waals surface area contributed by atoms with Gasteiger partial charge in [-0.2, -0.15) is 5.48 Å². The van der Waals surface area contributed by atoms with Gasteiger partial charge in [-0.05, 0) is 31.5 Å². The van der Waals surface area contributed by atoms with Crippen LogP contribution in [0.25, 0.3) is 11.0 Å². The lowest BCUT2D eigenvalue weighted by atomic mass is 10.2. The van der Waals surface area contributed by atoms with Gasteiger partial charge < -0.3 is 9.82 Å². The highest BCUT2D eigenvalue weighted by Gasteiger charge is 2.09. The fourth-order valence-electron chi connectivity index (χ4n) is 1.96. The van der Waals surface area contributed by atoms with E-state index in [0.717, 1.165) is 16.6 Å². The van der Waals surface area contributed by atoms with Crippen LogP contribution in [0.4, 0.5) is 0 Å². The number of aromatic nitrogens is 2. The van der Waals surface area contributed by atoms with Gasteiger partial charge in [0.1, 0.15) is 0 Å². The molecular formula is C12H17N3O2. The summed E-state index contributed by atoms with van der Waals surface area (Å²) >= 11 is 0. The zero-order valence-electron chi connectivity index (χ0n) is 10.3. The molecule has 2 N–H and O–H groups in total. The molecular weight excluding hydrogens is 218 g/mol. The number of nitrogens with zero attached hydrogens (tertiary/aromatic N) is 1. The molecule has 0 fully saturated rings. The second-order valence-corrected chi connectivity index (χ2v) is 4.27. The molecule has 0 spiro atoms. The Morgan fingerprint density at radius 2 is 2.24 bits per heavy atom. The van der Waals surface area contributed by atoms with Crippen LogP contribution in [0.5, 0.6) is 0 Å². The van der Waals surface area contributed by atoms with Gasteiger partial charge in [0.25, 0.3) is 0 Å². The summed E-state index contributed by atoms with van der Waals surface area (Å²) in [7, 11) is 1.58. The van der Waals surface area contributed by atoms with E-state index in [-0.39, 0.29) is 11.7 Å². The van der Waals surface area contributed by atoms with Crippen LogP contribution in [-0.2, 0) is 11.4 Å². The zero-order chi connectivity index (χ0) is 12.4. The molecule has 5 nitrogen and oxygen atoms in total. The number of hydrogen-bond acceptors (Lipinski definition) is 3. The summed E-state index contributed by atoms with van der Waals surface area (Å²) in [6, 6.07) is 6.06. The third-order valence-corrected chi connectivity index (χ3v) is 2.72. The number of hydrogen-bond donors (Lipinski definition) is 2. The molecule has 0 aliphatic rings. The number of nitrogens with one attached hydrogen (secondary N) is 2. The molecule has 0 bridgehead atoms. The van der Waals surface area contributed by atoms with Crippen LogP contribution >= 0.6 is 0 Å². The number of H-pyrrole nitrogens is 1. The molecule has 92 valence electrons. The third-order valence-electron chi connectivity index (χ3n) is 2.72. The van der Waals surface area contributed by atoms with E-state index in [9.17, 15) is 4.79 Å². The number of hydroxylamine groups is 1. The molecule has 0 radical (unpaired) electrons. The van der Waals surface area contributed by atoms with E-state index in [0.29, 0.717) is 6.54 Å². The first-order valence-corrected chi connectivity index (χ1v) is 5.62. The van der Waals surface area contributed by atoms with Crippen molar-refractivity contribution in [1.82, 2.24) is 15.0 Å². The minimum atomic E-state index is -0.0631. The van der Waals surface area contributed by atoms with Crippen molar-refractivity contribution in [1.29, 1.82) is 0 Å². The molecule has 2 aromatic rings. The fraction of sp³-hybridized carbons (Fsp3) is 0.417. The van der Waals surface area contributed by atoms with Gasteiger partial charge in [-0.3, -0.25) is 4.57 Å². The van der Waals surface area contributed by atoms with E-state index in [2.05, 4.69) is 10.5 Å². The first kappa shape index (κ1) is 11.9. The summed E-state index contributed by atoms with van der Waals surface area (Å²) in [4.78, 5) is 19.4. The molecule has 0 saturated carbocycles. The molecule has 0 atom stereocenters. The zero-order valence-corrected chi connectivity index (χ0v) is 10.3. The van der Waals surface area contributed by atoms with E-state index < -0.39 is 0 Å². The van der Waals surface area contributed by atoms with Gasteiger partial charge in [-0.1, -0.05) is 6.07 Å². The SMILES string of the molecule is CONCc1ccc2c(c1)[nH]c(=O)n2C(C)C. The second-order valence-electron chi connectivity index (χ2n) is 4.27. The van der Waals surface area contributed by atoms with Crippen LogP contribution in [0, 0.1) is 0 Å². The first-order chi connectivity index (χ1) is 8.13. The van der Waals surface area contributed by atoms with E-state index >= 15 is 0 Å². The van der Waals surface area contributed by atoms with Crippen molar-refractivity contribution in [3.05, 3.63) is 34.2 Å². The standard InChI is InChI=1S/C12H17N3O2/c1-8(2)15-11-5-4-9(7-13-17-3)6-10(11)14-12(15)16/h4-6,8,13H,7H2,1-3H3,(H,14,16). The smallest absolute Gasteiger partial charge is 0.306 e. The van der Waals surface area contributed by atoms with Crippen LogP contribution in [-0.4, -0.2) is 16.7 Å². The van der Waals surface area contributed by atoms with E-state index in [1.54, 1.807) is 11.7 Å². The molecule has 0 amide bonds. The van der Waals surface area contributed by atoms with Gasteiger partial charge in [0.15, 0.2) is 0 Å². The van der Waals surface area contributed by atoms with Gasteiger partial charge in [0.05, 0.1) is 18.1 Å². The number of aromatic amines is 1. The van der Waals surface area contributed by atoms with Gasteiger partial charge in [0, 0.05) is 12.6 Å². The van der Waals surface area contributed by atoms with Crippen LogP contribution in [0.2, 0.25) is 0 Å². The van der Waals surface area contributed by atoms with E-state index in [1.165, 1.54) is 0 Å². The molecule has 0 unspecified atom stereocenters. The summed E-state index contributed by atoms with van der Waals surface area (Å²) < 4.78 is 1.75. The highest BCUT2D eigenvalue weighted by atomic mass is 16.6. The Balaban J connectivity index is 2.46.